The molecular weight excluding hydrogens is 423 g/mol. The normalized spacial score (nSPS) is 17.3. The number of rotatable bonds is 7. The average molecular weight is 446 g/mol. The Labute approximate surface area is 176 Å². The second-order valence-electron chi connectivity index (χ2n) is 7.43. The van der Waals surface area contributed by atoms with Gasteiger partial charge in [-0.15, -0.1) is 5.10 Å². The molecule has 0 aliphatic carbocycles. The summed E-state index contributed by atoms with van der Waals surface area (Å²) >= 11 is 0. The van der Waals surface area contributed by atoms with E-state index >= 15 is 0 Å². The standard InChI is InChI=1S/C20H23F5N4O2/c1-12-9-15(29-11-26-18(31-29)20(23,24)25)10-13(2)17(12)30-8-4-5-14-6-7-16(28-27-14)19(3,21)22/h6-7,9-10,18,26H,4-5,8,11H2,1-3H3. The van der Waals surface area contributed by atoms with Gasteiger partial charge in [0, 0.05) is 6.92 Å². The van der Waals surface area contributed by atoms with E-state index in [9.17, 15) is 22.0 Å². The van der Waals surface area contributed by atoms with Gasteiger partial charge in [-0.05, 0) is 62.1 Å². The van der Waals surface area contributed by atoms with Gasteiger partial charge >= 0.3 is 6.18 Å². The largest absolute Gasteiger partial charge is 0.493 e. The summed E-state index contributed by atoms with van der Waals surface area (Å²) in [6, 6.07) is 6.16. The minimum atomic E-state index is -4.50. The molecule has 6 nitrogen and oxygen atoms in total. The molecule has 1 aromatic heterocycles. The van der Waals surface area contributed by atoms with E-state index in [1.807, 2.05) is 0 Å². The number of hydroxylamine groups is 1. The van der Waals surface area contributed by atoms with Crippen molar-refractivity contribution in [2.24, 2.45) is 0 Å². The zero-order valence-corrected chi connectivity index (χ0v) is 17.3. The molecule has 1 saturated heterocycles. The third-order valence-corrected chi connectivity index (χ3v) is 4.68. The number of nitrogens with zero attached hydrogens (tertiary/aromatic N) is 3. The predicted octanol–water partition coefficient (Wildman–Crippen LogP) is 4.40. The topological polar surface area (TPSA) is 59.5 Å². The molecule has 1 aliphatic heterocycles. The second-order valence-corrected chi connectivity index (χ2v) is 7.43. The molecule has 2 aromatic rings. The molecule has 1 atom stereocenters. The van der Waals surface area contributed by atoms with Crippen LogP contribution in [0.2, 0.25) is 0 Å². The first kappa shape index (κ1) is 23.1. The fraction of sp³-hybridized carbons (Fsp3) is 0.500. The molecule has 1 aromatic carbocycles. The van der Waals surface area contributed by atoms with Crippen LogP contribution >= 0.6 is 0 Å². The summed E-state index contributed by atoms with van der Waals surface area (Å²) in [6.45, 7) is 4.62. The number of hydrogen-bond donors (Lipinski definition) is 1. The van der Waals surface area contributed by atoms with Gasteiger partial charge in [-0.2, -0.15) is 27.1 Å². The SMILES string of the molecule is Cc1cc(N2CNC(C(F)(F)F)O2)cc(C)c1OCCCc1ccc(C(C)(F)F)nn1. The highest BCUT2D eigenvalue weighted by Gasteiger charge is 2.45. The van der Waals surface area contributed by atoms with Gasteiger partial charge in [0.1, 0.15) is 11.4 Å². The minimum Gasteiger partial charge on any atom is -0.493 e. The van der Waals surface area contributed by atoms with Crippen molar-refractivity contribution in [1.29, 1.82) is 0 Å². The van der Waals surface area contributed by atoms with Gasteiger partial charge in [0.25, 0.3) is 5.92 Å². The lowest BCUT2D eigenvalue weighted by atomic mass is 10.1. The number of alkyl halides is 5. The van der Waals surface area contributed by atoms with Gasteiger partial charge in [-0.3, -0.25) is 5.32 Å². The Balaban J connectivity index is 1.54. The van der Waals surface area contributed by atoms with E-state index in [2.05, 4.69) is 15.5 Å². The Kier molecular flexibility index (Phi) is 6.65. The van der Waals surface area contributed by atoms with Crippen molar-refractivity contribution in [3.63, 3.8) is 0 Å². The van der Waals surface area contributed by atoms with Crippen LogP contribution < -0.4 is 15.1 Å². The quantitative estimate of drug-likeness (QED) is 0.503. The van der Waals surface area contributed by atoms with E-state index in [4.69, 9.17) is 9.57 Å². The number of benzene rings is 1. The van der Waals surface area contributed by atoms with Crippen molar-refractivity contribution in [3.05, 3.63) is 46.8 Å². The van der Waals surface area contributed by atoms with E-state index < -0.39 is 18.3 Å². The van der Waals surface area contributed by atoms with Crippen LogP contribution in [-0.2, 0) is 17.2 Å². The summed E-state index contributed by atoms with van der Waals surface area (Å²) in [6.07, 6.45) is -5.44. The second kappa shape index (κ2) is 8.91. The fourth-order valence-corrected chi connectivity index (χ4v) is 3.15. The van der Waals surface area contributed by atoms with Crippen molar-refractivity contribution in [2.75, 3.05) is 18.3 Å². The first-order valence-corrected chi connectivity index (χ1v) is 9.64. The van der Waals surface area contributed by atoms with Crippen LogP contribution in [0.3, 0.4) is 0 Å². The Morgan fingerprint density at radius 2 is 1.81 bits per heavy atom. The predicted molar refractivity (Wildman–Crippen MR) is 103 cm³/mol. The van der Waals surface area contributed by atoms with Crippen LogP contribution in [0.1, 0.15) is 35.9 Å². The zero-order chi connectivity index (χ0) is 22.8. The van der Waals surface area contributed by atoms with Crippen LogP contribution in [0, 0.1) is 13.8 Å². The Morgan fingerprint density at radius 3 is 2.32 bits per heavy atom. The molecule has 1 fully saturated rings. The van der Waals surface area contributed by atoms with Gasteiger partial charge in [0.05, 0.1) is 24.7 Å². The number of nitrogens with one attached hydrogen (secondary N) is 1. The Morgan fingerprint density at radius 1 is 1.13 bits per heavy atom. The van der Waals surface area contributed by atoms with Crippen LogP contribution in [0.5, 0.6) is 5.75 Å². The van der Waals surface area contributed by atoms with E-state index in [-0.39, 0.29) is 12.4 Å². The molecule has 0 bridgehead atoms. The maximum Gasteiger partial charge on any atom is 0.430 e. The molecule has 1 N–H and O–H groups in total. The number of aromatic nitrogens is 2. The van der Waals surface area contributed by atoms with Gasteiger partial charge in [-0.25, -0.2) is 9.90 Å². The lowest BCUT2D eigenvalue weighted by Gasteiger charge is -2.20. The van der Waals surface area contributed by atoms with Crippen molar-refractivity contribution in [1.82, 2.24) is 15.5 Å². The number of halogens is 5. The highest BCUT2D eigenvalue weighted by Crippen LogP contribution is 2.32. The average Bonchev–Trinajstić information content (AvgIpc) is 3.17. The first-order valence-electron chi connectivity index (χ1n) is 9.64. The molecular formula is C20H23F5N4O2. The highest BCUT2D eigenvalue weighted by molar-refractivity contribution is 5.55. The van der Waals surface area contributed by atoms with Gasteiger partial charge in [0.2, 0.25) is 6.23 Å². The Bertz CT molecular complexity index is 877. The summed E-state index contributed by atoms with van der Waals surface area (Å²) in [7, 11) is 0. The third kappa shape index (κ3) is 5.79. The smallest absolute Gasteiger partial charge is 0.430 e. The fourth-order valence-electron chi connectivity index (χ4n) is 3.15. The molecule has 0 amide bonds. The molecule has 11 heteroatoms. The molecule has 170 valence electrons. The van der Waals surface area contributed by atoms with Gasteiger partial charge in [0.15, 0.2) is 0 Å². The molecule has 3 rings (SSSR count). The third-order valence-electron chi connectivity index (χ3n) is 4.68. The van der Waals surface area contributed by atoms with Crippen molar-refractivity contribution >= 4 is 5.69 Å². The summed E-state index contributed by atoms with van der Waals surface area (Å²) in [5, 5.41) is 10.8. The zero-order valence-electron chi connectivity index (χ0n) is 17.3. The van der Waals surface area contributed by atoms with Gasteiger partial charge in [-0.1, -0.05) is 0 Å². The summed E-state index contributed by atoms with van der Waals surface area (Å²) in [5.41, 5.74) is 2.20. The van der Waals surface area contributed by atoms with E-state index in [1.54, 1.807) is 26.0 Å². The van der Waals surface area contributed by atoms with Crippen LogP contribution in [0.4, 0.5) is 27.6 Å². The molecule has 2 heterocycles. The van der Waals surface area contributed by atoms with Crippen LogP contribution in [0.25, 0.3) is 0 Å². The van der Waals surface area contributed by atoms with E-state index in [0.29, 0.717) is 36.6 Å². The van der Waals surface area contributed by atoms with Gasteiger partial charge < -0.3 is 4.74 Å². The number of aryl methyl sites for hydroxylation is 3. The van der Waals surface area contributed by atoms with Crippen LogP contribution in [-0.4, -0.2) is 35.9 Å². The maximum absolute atomic E-state index is 13.2. The lowest BCUT2D eigenvalue weighted by Crippen LogP contribution is -2.38. The molecule has 0 saturated carbocycles. The summed E-state index contributed by atoms with van der Waals surface area (Å²) in [4.78, 5) is 4.94. The molecule has 0 spiro atoms. The maximum atomic E-state index is 13.2. The molecule has 1 aliphatic rings. The monoisotopic (exact) mass is 446 g/mol. The van der Waals surface area contributed by atoms with Crippen molar-refractivity contribution < 1.29 is 31.5 Å². The summed E-state index contributed by atoms with van der Waals surface area (Å²) < 4.78 is 70.5. The molecule has 31 heavy (non-hydrogen) atoms. The number of ether oxygens (including phenoxy) is 1. The highest BCUT2D eigenvalue weighted by atomic mass is 19.4. The molecule has 0 radical (unpaired) electrons. The molecule has 1 unspecified atom stereocenters. The lowest BCUT2D eigenvalue weighted by molar-refractivity contribution is -0.215. The first-order chi connectivity index (χ1) is 14.4. The van der Waals surface area contributed by atoms with Crippen LogP contribution in [0.15, 0.2) is 24.3 Å². The minimum absolute atomic E-state index is 0.0902. The van der Waals surface area contributed by atoms with E-state index in [0.717, 1.165) is 23.1 Å². The number of anilines is 1. The number of hydrogen-bond acceptors (Lipinski definition) is 6. The Hall–Kier alpha value is -2.53. The van der Waals surface area contributed by atoms with E-state index in [1.165, 1.54) is 12.1 Å². The summed E-state index contributed by atoms with van der Waals surface area (Å²) in [5.74, 6) is -2.39. The van der Waals surface area contributed by atoms with Crippen molar-refractivity contribution in [3.8, 4) is 5.75 Å². The van der Waals surface area contributed by atoms with Crippen molar-refractivity contribution in [2.45, 2.75) is 51.9 Å².